The van der Waals surface area contributed by atoms with Gasteiger partial charge < -0.3 is 5.11 Å². The van der Waals surface area contributed by atoms with Crippen LogP contribution in [-0.4, -0.2) is 34.3 Å². The second-order valence-electron chi connectivity index (χ2n) is 5.03. The number of carboxylic acid groups (broad SMARTS) is 1. The van der Waals surface area contributed by atoms with E-state index in [4.69, 9.17) is 16.7 Å². The SMILES string of the molecule is CC(c1ccccc1Cl)N1CCC(S)C(=CC(=O)O)C1. The standard InChI is InChI=1S/C15H18ClNO2S/c1-10(12-4-2-3-5-13(12)16)17-7-6-14(20)11(9-17)8-15(18)19/h2-5,8,10,14,20H,6-7,9H2,1H3,(H,18,19). The number of rotatable bonds is 3. The lowest BCUT2D eigenvalue weighted by molar-refractivity contribution is -0.131. The predicted octanol–water partition coefficient (Wildman–Crippen LogP) is 3.42. The molecule has 0 aliphatic carbocycles. The predicted molar refractivity (Wildman–Crippen MR) is 84.5 cm³/mol. The topological polar surface area (TPSA) is 40.5 Å². The van der Waals surface area contributed by atoms with Gasteiger partial charge in [0.05, 0.1) is 0 Å². The fraction of sp³-hybridized carbons (Fsp3) is 0.400. The van der Waals surface area contributed by atoms with Gasteiger partial charge in [-0.05, 0) is 30.5 Å². The summed E-state index contributed by atoms with van der Waals surface area (Å²) in [6.07, 6.45) is 2.13. The maximum atomic E-state index is 10.9. The van der Waals surface area contributed by atoms with E-state index in [-0.39, 0.29) is 11.3 Å². The van der Waals surface area contributed by atoms with Gasteiger partial charge in [0, 0.05) is 35.5 Å². The number of piperidine rings is 1. The van der Waals surface area contributed by atoms with Gasteiger partial charge in [0.2, 0.25) is 0 Å². The molecule has 0 spiro atoms. The Morgan fingerprint density at radius 1 is 1.55 bits per heavy atom. The summed E-state index contributed by atoms with van der Waals surface area (Å²) < 4.78 is 0. The van der Waals surface area contributed by atoms with E-state index < -0.39 is 5.97 Å². The number of likely N-dealkylation sites (tertiary alicyclic amines) is 1. The molecule has 1 fully saturated rings. The van der Waals surface area contributed by atoms with Crippen molar-refractivity contribution in [2.24, 2.45) is 0 Å². The molecule has 3 nitrogen and oxygen atoms in total. The number of aliphatic carboxylic acids is 1. The van der Waals surface area contributed by atoms with Crippen LogP contribution in [-0.2, 0) is 4.79 Å². The quantitative estimate of drug-likeness (QED) is 0.664. The summed E-state index contributed by atoms with van der Waals surface area (Å²) in [4.78, 5) is 13.1. The van der Waals surface area contributed by atoms with Crippen molar-refractivity contribution in [1.29, 1.82) is 0 Å². The average Bonchev–Trinajstić information content (AvgIpc) is 2.40. The van der Waals surface area contributed by atoms with Crippen LogP contribution in [0.3, 0.4) is 0 Å². The number of thiol groups is 1. The van der Waals surface area contributed by atoms with Gasteiger partial charge in [0.25, 0.3) is 0 Å². The summed E-state index contributed by atoms with van der Waals surface area (Å²) in [6.45, 7) is 3.60. The molecule has 0 bridgehead atoms. The first-order valence-electron chi connectivity index (χ1n) is 6.59. The summed E-state index contributed by atoms with van der Waals surface area (Å²) in [7, 11) is 0. The highest BCUT2D eigenvalue weighted by Crippen LogP contribution is 2.31. The maximum Gasteiger partial charge on any atom is 0.328 e. The number of hydrogen-bond donors (Lipinski definition) is 2. The molecule has 0 saturated carbocycles. The minimum atomic E-state index is -0.911. The maximum absolute atomic E-state index is 10.9. The van der Waals surface area contributed by atoms with Crippen LogP contribution in [0, 0.1) is 0 Å². The summed E-state index contributed by atoms with van der Waals surface area (Å²) in [5.41, 5.74) is 1.92. The lowest BCUT2D eigenvalue weighted by Crippen LogP contribution is -2.38. The first kappa shape index (κ1) is 15.4. The number of nitrogens with zero attached hydrogens (tertiary/aromatic N) is 1. The molecular weight excluding hydrogens is 294 g/mol. The van der Waals surface area contributed by atoms with Crippen LogP contribution < -0.4 is 0 Å². The molecule has 1 aliphatic rings. The summed E-state index contributed by atoms with van der Waals surface area (Å²) >= 11 is 10.7. The van der Waals surface area contributed by atoms with Crippen molar-refractivity contribution < 1.29 is 9.90 Å². The largest absolute Gasteiger partial charge is 0.478 e. The van der Waals surface area contributed by atoms with E-state index in [0.717, 1.165) is 29.1 Å². The molecule has 2 rings (SSSR count). The zero-order chi connectivity index (χ0) is 14.7. The van der Waals surface area contributed by atoms with Crippen LogP contribution in [0.4, 0.5) is 0 Å². The van der Waals surface area contributed by atoms with Crippen molar-refractivity contribution in [3.05, 3.63) is 46.5 Å². The van der Waals surface area contributed by atoms with Gasteiger partial charge in [0.15, 0.2) is 0 Å². The van der Waals surface area contributed by atoms with Crippen LogP contribution in [0.2, 0.25) is 5.02 Å². The van der Waals surface area contributed by atoms with E-state index >= 15 is 0 Å². The Kier molecular flexibility index (Phi) is 5.13. The highest BCUT2D eigenvalue weighted by atomic mass is 35.5. The lowest BCUT2D eigenvalue weighted by atomic mass is 9.99. The lowest BCUT2D eigenvalue weighted by Gasteiger charge is -2.36. The van der Waals surface area contributed by atoms with Crippen LogP contribution in [0.1, 0.15) is 24.9 Å². The zero-order valence-corrected chi connectivity index (χ0v) is 12.9. The van der Waals surface area contributed by atoms with Crippen LogP contribution in [0.15, 0.2) is 35.9 Å². The van der Waals surface area contributed by atoms with E-state index in [0.29, 0.717) is 6.54 Å². The monoisotopic (exact) mass is 311 g/mol. The van der Waals surface area contributed by atoms with Gasteiger partial charge >= 0.3 is 5.97 Å². The van der Waals surface area contributed by atoms with Gasteiger partial charge in [-0.25, -0.2) is 4.79 Å². The van der Waals surface area contributed by atoms with Crippen molar-refractivity contribution in [3.63, 3.8) is 0 Å². The molecule has 0 aromatic heterocycles. The molecule has 108 valence electrons. The van der Waals surface area contributed by atoms with Gasteiger partial charge in [-0.2, -0.15) is 12.6 Å². The van der Waals surface area contributed by atoms with Crippen molar-refractivity contribution in [3.8, 4) is 0 Å². The Morgan fingerprint density at radius 3 is 2.90 bits per heavy atom. The first-order chi connectivity index (χ1) is 9.49. The summed E-state index contributed by atoms with van der Waals surface area (Å²) in [5.74, 6) is -0.911. The van der Waals surface area contributed by atoms with Crippen LogP contribution in [0.25, 0.3) is 0 Å². The Bertz CT molecular complexity index is 532. The smallest absolute Gasteiger partial charge is 0.328 e. The fourth-order valence-corrected chi connectivity index (χ4v) is 3.10. The molecule has 0 amide bonds. The van der Waals surface area contributed by atoms with Crippen LogP contribution in [0.5, 0.6) is 0 Å². The van der Waals surface area contributed by atoms with Gasteiger partial charge in [-0.15, -0.1) is 0 Å². The minimum Gasteiger partial charge on any atom is -0.478 e. The van der Waals surface area contributed by atoms with Crippen molar-refractivity contribution in [1.82, 2.24) is 4.90 Å². The third-order valence-electron chi connectivity index (χ3n) is 3.72. The van der Waals surface area contributed by atoms with Crippen molar-refractivity contribution in [2.75, 3.05) is 13.1 Å². The Balaban J connectivity index is 2.17. The number of benzene rings is 1. The molecule has 1 saturated heterocycles. The Labute approximate surface area is 129 Å². The molecular formula is C15H18ClNO2S. The fourth-order valence-electron chi connectivity index (χ4n) is 2.53. The van der Waals surface area contributed by atoms with Crippen LogP contribution >= 0.6 is 24.2 Å². The molecule has 1 aromatic carbocycles. The van der Waals surface area contributed by atoms with Gasteiger partial charge in [-0.1, -0.05) is 29.8 Å². The molecule has 1 N–H and O–H groups in total. The number of carbonyl (C=O) groups is 1. The normalized spacial score (nSPS) is 23.8. The zero-order valence-electron chi connectivity index (χ0n) is 11.3. The van der Waals surface area contributed by atoms with E-state index in [1.165, 1.54) is 6.08 Å². The summed E-state index contributed by atoms with van der Waals surface area (Å²) in [5, 5.41) is 9.70. The van der Waals surface area contributed by atoms with Gasteiger partial charge in [0.1, 0.15) is 0 Å². The van der Waals surface area contributed by atoms with Crippen molar-refractivity contribution in [2.45, 2.75) is 24.6 Å². The van der Waals surface area contributed by atoms with E-state index in [9.17, 15) is 4.79 Å². The second kappa shape index (κ2) is 6.66. The average molecular weight is 312 g/mol. The highest BCUT2D eigenvalue weighted by Gasteiger charge is 2.26. The molecule has 5 heteroatoms. The minimum absolute atomic E-state index is 0.0285. The Morgan fingerprint density at radius 2 is 2.25 bits per heavy atom. The number of hydrogen-bond acceptors (Lipinski definition) is 3. The second-order valence-corrected chi connectivity index (χ2v) is 6.06. The van der Waals surface area contributed by atoms with E-state index in [1.807, 2.05) is 24.3 Å². The third kappa shape index (κ3) is 3.57. The van der Waals surface area contributed by atoms with E-state index in [2.05, 4.69) is 24.5 Å². The number of carboxylic acids is 1. The molecule has 1 aromatic rings. The van der Waals surface area contributed by atoms with E-state index in [1.54, 1.807) is 0 Å². The summed E-state index contributed by atoms with van der Waals surface area (Å²) in [6, 6.07) is 7.93. The number of halogens is 1. The molecule has 2 atom stereocenters. The molecule has 1 heterocycles. The molecule has 1 aliphatic heterocycles. The Hall–Kier alpha value is -0.970. The third-order valence-corrected chi connectivity index (χ3v) is 4.65. The van der Waals surface area contributed by atoms with Gasteiger partial charge in [-0.3, -0.25) is 4.90 Å². The highest BCUT2D eigenvalue weighted by molar-refractivity contribution is 7.81. The first-order valence-corrected chi connectivity index (χ1v) is 7.48. The molecule has 20 heavy (non-hydrogen) atoms. The molecule has 0 radical (unpaired) electrons. The van der Waals surface area contributed by atoms with Crippen molar-refractivity contribution >= 4 is 30.2 Å². The molecule has 2 unspecified atom stereocenters.